The first kappa shape index (κ1) is 21.5. The molecule has 1 aromatic rings. The molecule has 0 saturated carbocycles. The number of nitrogens with zero attached hydrogens (tertiary/aromatic N) is 1. The Balaban J connectivity index is 2.65. The van der Waals surface area contributed by atoms with Crippen LogP contribution in [0.2, 0.25) is 0 Å². The maximum absolute atomic E-state index is 12.7. The van der Waals surface area contributed by atoms with Gasteiger partial charge in [0, 0.05) is 12.0 Å². The summed E-state index contributed by atoms with van der Waals surface area (Å²) in [6.07, 6.45) is 1.15. The lowest BCUT2D eigenvalue weighted by Gasteiger charge is -2.37. The Morgan fingerprint density at radius 2 is 1.96 bits per heavy atom. The molecule has 0 amide bonds. The molecule has 1 aliphatic rings. The predicted octanol–water partition coefficient (Wildman–Crippen LogP) is 4.36. The van der Waals surface area contributed by atoms with Crippen LogP contribution in [0, 0.1) is 11.3 Å². The highest BCUT2D eigenvalue weighted by Gasteiger charge is 2.47. The number of allylic oxidation sites excluding steroid dienone is 1. The Labute approximate surface area is 165 Å². The number of hydrogen-bond acceptors (Lipinski definition) is 6. The summed E-state index contributed by atoms with van der Waals surface area (Å²) in [5, 5.41) is 10.9. The molecule has 0 radical (unpaired) electrons. The van der Waals surface area contributed by atoms with E-state index in [0.29, 0.717) is 29.8 Å². The lowest BCUT2D eigenvalue weighted by Crippen LogP contribution is -2.41. The van der Waals surface area contributed by atoms with Gasteiger partial charge in [-0.15, -0.1) is 0 Å². The van der Waals surface area contributed by atoms with Crippen molar-refractivity contribution in [2.45, 2.75) is 47.0 Å². The quantitative estimate of drug-likeness (QED) is 0.580. The summed E-state index contributed by atoms with van der Waals surface area (Å²) in [6.45, 7) is 6.99. The summed E-state index contributed by atoms with van der Waals surface area (Å²) in [4.78, 5) is 41.3. The van der Waals surface area contributed by atoms with Gasteiger partial charge in [0.25, 0.3) is 0 Å². The minimum absolute atomic E-state index is 0.0857. The number of aliphatic hydroxyl groups is 1. The molecule has 1 aromatic carbocycles. The zero-order chi connectivity index (χ0) is 21.1. The van der Waals surface area contributed by atoms with Crippen LogP contribution in [-0.4, -0.2) is 35.5 Å². The molecule has 150 valence electrons. The minimum Gasteiger partial charge on any atom is -0.511 e. The fraction of sp³-hybridized carbons (Fsp3) is 0.455. The highest BCUT2D eigenvalue weighted by molar-refractivity contribution is 6.24. The monoisotopic (exact) mass is 385 g/mol. The van der Waals surface area contributed by atoms with Gasteiger partial charge in [0.1, 0.15) is 11.7 Å². The van der Waals surface area contributed by atoms with Gasteiger partial charge in [-0.05, 0) is 37.3 Å². The molecule has 0 aliphatic heterocycles. The number of benzene rings is 1. The van der Waals surface area contributed by atoms with Gasteiger partial charge in [0.15, 0.2) is 11.6 Å². The third-order valence-corrected chi connectivity index (χ3v) is 4.93. The molecule has 0 fully saturated rings. The van der Waals surface area contributed by atoms with Gasteiger partial charge in [0.05, 0.1) is 24.1 Å². The maximum atomic E-state index is 12.7. The van der Waals surface area contributed by atoms with E-state index in [2.05, 4.69) is 4.99 Å². The average molecular weight is 385 g/mol. The molecule has 1 atom stereocenters. The van der Waals surface area contributed by atoms with Crippen molar-refractivity contribution >= 4 is 28.9 Å². The second kappa shape index (κ2) is 8.50. The van der Waals surface area contributed by atoms with Gasteiger partial charge in [-0.2, -0.15) is 0 Å². The van der Waals surface area contributed by atoms with E-state index in [1.807, 2.05) is 20.8 Å². The molecule has 0 unspecified atom stereocenters. The number of Topliss-reactive ketones (excluding diaryl/α,β-unsaturated/α-hetero) is 2. The number of carbonyl (C=O) groups excluding carboxylic acids is 3. The molecular formula is C22H27NO5. The number of aliphatic hydroxyl groups excluding tert-OH is 1. The predicted molar refractivity (Wildman–Crippen MR) is 107 cm³/mol. The Morgan fingerprint density at radius 1 is 1.29 bits per heavy atom. The summed E-state index contributed by atoms with van der Waals surface area (Å²) in [7, 11) is 1.26. The lowest BCUT2D eigenvalue weighted by molar-refractivity contribution is -0.149. The van der Waals surface area contributed by atoms with E-state index >= 15 is 0 Å². The first-order valence-electron chi connectivity index (χ1n) is 9.35. The first-order chi connectivity index (χ1) is 13.1. The maximum Gasteiger partial charge on any atom is 0.316 e. The van der Waals surface area contributed by atoms with Crippen LogP contribution < -0.4 is 0 Å². The number of esters is 1. The van der Waals surface area contributed by atoms with Crippen LogP contribution >= 0.6 is 0 Å². The number of rotatable bonds is 6. The van der Waals surface area contributed by atoms with E-state index in [0.717, 1.165) is 0 Å². The van der Waals surface area contributed by atoms with E-state index in [-0.39, 0.29) is 29.3 Å². The third kappa shape index (κ3) is 4.38. The van der Waals surface area contributed by atoms with E-state index in [1.165, 1.54) is 14.0 Å². The normalized spacial score (nSPS) is 20.2. The summed E-state index contributed by atoms with van der Waals surface area (Å²) in [6, 6.07) is 6.80. The molecule has 0 spiro atoms. The third-order valence-electron chi connectivity index (χ3n) is 4.93. The largest absolute Gasteiger partial charge is 0.511 e. The van der Waals surface area contributed by atoms with Crippen molar-refractivity contribution < 1.29 is 24.2 Å². The first-order valence-corrected chi connectivity index (χ1v) is 9.35. The summed E-state index contributed by atoms with van der Waals surface area (Å²) in [5.74, 6) is -2.15. The standard InChI is InChI=1S/C22H27NO5/c1-6-8-17(25)18-16(23-15-10-7-9-14(11-15)13(2)24)12-22(3,4)19(20(18)26)21(27)28-5/h7,9-11,19,26H,6,8,12H2,1-5H3/t19-/m1/s1. The molecular weight excluding hydrogens is 358 g/mol. The molecule has 6 nitrogen and oxygen atoms in total. The van der Waals surface area contributed by atoms with E-state index < -0.39 is 17.3 Å². The van der Waals surface area contributed by atoms with Crippen LogP contribution in [0.5, 0.6) is 0 Å². The van der Waals surface area contributed by atoms with Crippen molar-refractivity contribution in [3.05, 3.63) is 41.2 Å². The molecule has 6 heteroatoms. The molecule has 0 bridgehead atoms. The van der Waals surface area contributed by atoms with Crippen LogP contribution in [0.25, 0.3) is 0 Å². The number of carbonyl (C=O) groups is 3. The summed E-state index contributed by atoms with van der Waals surface area (Å²) < 4.78 is 4.86. The van der Waals surface area contributed by atoms with Crippen molar-refractivity contribution in [2.24, 2.45) is 16.3 Å². The smallest absolute Gasteiger partial charge is 0.316 e. The summed E-state index contributed by atoms with van der Waals surface area (Å²) >= 11 is 0. The number of ketones is 2. The van der Waals surface area contributed by atoms with E-state index in [4.69, 9.17) is 4.74 Å². The highest BCUT2D eigenvalue weighted by Crippen LogP contribution is 2.43. The Kier molecular flexibility index (Phi) is 6.54. The number of hydrogen-bond donors (Lipinski definition) is 1. The fourth-order valence-corrected chi connectivity index (χ4v) is 3.53. The molecule has 0 heterocycles. The van der Waals surface area contributed by atoms with Crippen LogP contribution in [0.3, 0.4) is 0 Å². The molecule has 0 saturated heterocycles. The zero-order valence-electron chi connectivity index (χ0n) is 17.0. The second-order valence-corrected chi connectivity index (χ2v) is 7.72. The Morgan fingerprint density at radius 3 is 2.54 bits per heavy atom. The topological polar surface area (TPSA) is 93.0 Å². The SMILES string of the molecule is CCCC(=O)C1=C(O)[C@H](C(=O)OC)C(C)(C)CC1=Nc1cccc(C(C)=O)c1. The molecule has 1 aliphatic carbocycles. The van der Waals surface area contributed by atoms with Gasteiger partial charge in [-0.1, -0.05) is 32.9 Å². The number of aliphatic imine (C=N–C) groups is 1. The minimum atomic E-state index is -0.934. The van der Waals surface area contributed by atoms with Gasteiger partial charge < -0.3 is 9.84 Å². The lowest BCUT2D eigenvalue weighted by atomic mass is 9.67. The summed E-state index contributed by atoms with van der Waals surface area (Å²) in [5.41, 5.74) is 0.847. The van der Waals surface area contributed by atoms with Crippen LogP contribution in [-0.2, 0) is 14.3 Å². The highest BCUT2D eigenvalue weighted by atomic mass is 16.5. The van der Waals surface area contributed by atoms with Crippen molar-refractivity contribution in [3.63, 3.8) is 0 Å². The van der Waals surface area contributed by atoms with Crippen molar-refractivity contribution in [2.75, 3.05) is 7.11 Å². The van der Waals surface area contributed by atoms with Gasteiger partial charge in [-0.25, -0.2) is 0 Å². The van der Waals surface area contributed by atoms with Crippen molar-refractivity contribution in [1.82, 2.24) is 0 Å². The Hall–Kier alpha value is -2.76. The van der Waals surface area contributed by atoms with Gasteiger partial charge >= 0.3 is 5.97 Å². The van der Waals surface area contributed by atoms with E-state index in [1.54, 1.807) is 24.3 Å². The van der Waals surface area contributed by atoms with Gasteiger partial charge in [-0.3, -0.25) is 19.4 Å². The van der Waals surface area contributed by atoms with Crippen LogP contribution in [0.4, 0.5) is 5.69 Å². The van der Waals surface area contributed by atoms with Crippen molar-refractivity contribution in [1.29, 1.82) is 0 Å². The van der Waals surface area contributed by atoms with E-state index in [9.17, 15) is 19.5 Å². The molecule has 0 aromatic heterocycles. The van der Waals surface area contributed by atoms with Crippen molar-refractivity contribution in [3.8, 4) is 0 Å². The Bertz CT molecular complexity index is 863. The molecule has 2 rings (SSSR count). The average Bonchev–Trinajstić information content (AvgIpc) is 2.60. The molecule has 1 N–H and O–H groups in total. The van der Waals surface area contributed by atoms with Gasteiger partial charge in [0.2, 0.25) is 0 Å². The number of ether oxygens (including phenoxy) is 1. The zero-order valence-corrected chi connectivity index (χ0v) is 17.0. The second-order valence-electron chi connectivity index (χ2n) is 7.72. The number of methoxy groups -OCH3 is 1. The fourth-order valence-electron chi connectivity index (χ4n) is 3.53. The van der Waals surface area contributed by atoms with Crippen LogP contribution in [0.1, 0.15) is 57.3 Å². The van der Waals surface area contributed by atoms with Crippen LogP contribution in [0.15, 0.2) is 40.6 Å². The molecule has 28 heavy (non-hydrogen) atoms.